The van der Waals surface area contributed by atoms with Gasteiger partial charge in [-0.15, -0.1) is 0 Å². The van der Waals surface area contributed by atoms with E-state index in [2.05, 4.69) is 10.3 Å². The molecule has 0 bridgehead atoms. The van der Waals surface area contributed by atoms with Gasteiger partial charge in [0.05, 0.1) is 25.0 Å². The van der Waals surface area contributed by atoms with Crippen LogP contribution in [0.15, 0.2) is 36.5 Å². The number of benzene rings is 1. The molecule has 19 heavy (non-hydrogen) atoms. The fourth-order valence-corrected chi connectivity index (χ4v) is 2.10. The molecule has 1 aromatic heterocycles. The van der Waals surface area contributed by atoms with Crippen LogP contribution in [0.3, 0.4) is 0 Å². The standard InChI is InChI=1S/C15H17FN2O/c1-10-4-7-14(19-3)12(8-10)15(17-2)13-6-5-11(16)9-18-13/h4-9,15,17H,1-3H3. The van der Waals surface area contributed by atoms with E-state index in [9.17, 15) is 4.39 Å². The van der Waals surface area contributed by atoms with Crippen molar-refractivity contribution in [1.29, 1.82) is 0 Å². The van der Waals surface area contributed by atoms with Gasteiger partial charge in [0.25, 0.3) is 0 Å². The lowest BCUT2D eigenvalue weighted by molar-refractivity contribution is 0.405. The van der Waals surface area contributed by atoms with E-state index in [0.29, 0.717) is 0 Å². The van der Waals surface area contributed by atoms with E-state index in [-0.39, 0.29) is 11.9 Å². The third-order valence-electron chi connectivity index (χ3n) is 3.03. The number of halogens is 1. The molecular weight excluding hydrogens is 243 g/mol. The maximum Gasteiger partial charge on any atom is 0.141 e. The van der Waals surface area contributed by atoms with E-state index in [1.165, 1.54) is 12.3 Å². The van der Waals surface area contributed by atoms with Crippen LogP contribution in [0.2, 0.25) is 0 Å². The van der Waals surface area contributed by atoms with Crippen molar-refractivity contribution in [2.24, 2.45) is 0 Å². The average Bonchev–Trinajstić information content (AvgIpc) is 2.42. The first kappa shape index (κ1) is 13.5. The normalized spacial score (nSPS) is 12.2. The zero-order valence-corrected chi connectivity index (χ0v) is 11.3. The molecule has 1 N–H and O–H groups in total. The second-order valence-electron chi connectivity index (χ2n) is 4.37. The van der Waals surface area contributed by atoms with E-state index in [1.807, 2.05) is 32.2 Å². The highest BCUT2D eigenvalue weighted by Crippen LogP contribution is 2.29. The molecule has 0 aliphatic heterocycles. The van der Waals surface area contributed by atoms with E-state index in [4.69, 9.17) is 4.74 Å². The summed E-state index contributed by atoms with van der Waals surface area (Å²) in [6.07, 6.45) is 1.22. The quantitative estimate of drug-likeness (QED) is 0.918. The van der Waals surface area contributed by atoms with Gasteiger partial charge < -0.3 is 10.1 Å². The van der Waals surface area contributed by atoms with E-state index in [1.54, 1.807) is 13.2 Å². The van der Waals surface area contributed by atoms with Crippen molar-refractivity contribution in [1.82, 2.24) is 10.3 Å². The molecular formula is C15H17FN2O. The number of ether oxygens (including phenoxy) is 1. The minimum Gasteiger partial charge on any atom is -0.496 e. The molecule has 0 aliphatic rings. The summed E-state index contributed by atoms with van der Waals surface area (Å²) < 4.78 is 18.3. The highest BCUT2D eigenvalue weighted by molar-refractivity contribution is 5.42. The van der Waals surface area contributed by atoms with Crippen LogP contribution in [0, 0.1) is 12.7 Å². The smallest absolute Gasteiger partial charge is 0.141 e. The molecule has 0 amide bonds. The maximum absolute atomic E-state index is 13.0. The molecule has 1 atom stereocenters. The summed E-state index contributed by atoms with van der Waals surface area (Å²) in [5, 5.41) is 3.19. The SMILES string of the molecule is CNC(c1ccc(F)cn1)c1cc(C)ccc1OC. The van der Waals surface area contributed by atoms with Crippen molar-refractivity contribution < 1.29 is 9.13 Å². The number of methoxy groups -OCH3 is 1. The molecule has 3 nitrogen and oxygen atoms in total. The molecule has 0 spiro atoms. The van der Waals surface area contributed by atoms with Crippen molar-refractivity contribution in [3.63, 3.8) is 0 Å². The fraction of sp³-hybridized carbons (Fsp3) is 0.267. The van der Waals surface area contributed by atoms with Crippen molar-refractivity contribution in [3.8, 4) is 5.75 Å². The van der Waals surface area contributed by atoms with Gasteiger partial charge in [-0.3, -0.25) is 4.98 Å². The van der Waals surface area contributed by atoms with E-state index < -0.39 is 0 Å². The largest absolute Gasteiger partial charge is 0.496 e. The number of nitrogens with zero attached hydrogens (tertiary/aromatic N) is 1. The number of rotatable bonds is 4. The fourth-order valence-electron chi connectivity index (χ4n) is 2.10. The van der Waals surface area contributed by atoms with Crippen LogP contribution in [0.25, 0.3) is 0 Å². The molecule has 1 heterocycles. The molecule has 0 aliphatic carbocycles. The van der Waals surface area contributed by atoms with Crippen LogP contribution in [-0.4, -0.2) is 19.1 Å². The predicted molar refractivity (Wildman–Crippen MR) is 72.8 cm³/mol. The molecule has 0 saturated carbocycles. The number of nitrogens with one attached hydrogen (secondary N) is 1. The van der Waals surface area contributed by atoms with Crippen molar-refractivity contribution in [2.75, 3.05) is 14.2 Å². The molecule has 0 fully saturated rings. The Balaban J connectivity index is 2.47. The first-order valence-corrected chi connectivity index (χ1v) is 6.09. The Labute approximate surface area is 112 Å². The zero-order valence-electron chi connectivity index (χ0n) is 11.3. The summed E-state index contributed by atoms with van der Waals surface area (Å²) in [4.78, 5) is 4.14. The Hall–Kier alpha value is -1.94. The molecule has 100 valence electrons. The van der Waals surface area contributed by atoms with Gasteiger partial charge in [0, 0.05) is 5.56 Å². The van der Waals surface area contributed by atoms with E-state index >= 15 is 0 Å². The second kappa shape index (κ2) is 5.80. The highest BCUT2D eigenvalue weighted by atomic mass is 19.1. The van der Waals surface area contributed by atoms with Gasteiger partial charge in [0.15, 0.2) is 0 Å². The molecule has 1 unspecified atom stereocenters. The lowest BCUT2D eigenvalue weighted by atomic mass is 10.00. The Morgan fingerprint density at radius 3 is 2.63 bits per heavy atom. The third kappa shape index (κ3) is 2.90. The molecule has 4 heteroatoms. The highest BCUT2D eigenvalue weighted by Gasteiger charge is 2.18. The van der Waals surface area contributed by atoms with Gasteiger partial charge >= 0.3 is 0 Å². The Bertz CT molecular complexity index is 555. The van der Waals surface area contributed by atoms with Crippen LogP contribution in [0.4, 0.5) is 4.39 Å². The van der Waals surface area contributed by atoms with Crippen LogP contribution in [0.1, 0.15) is 22.9 Å². The molecule has 2 aromatic rings. The molecule has 0 radical (unpaired) electrons. The number of hydrogen-bond donors (Lipinski definition) is 1. The van der Waals surface area contributed by atoms with Crippen molar-refractivity contribution in [2.45, 2.75) is 13.0 Å². The number of aromatic nitrogens is 1. The Morgan fingerprint density at radius 1 is 1.26 bits per heavy atom. The van der Waals surface area contributed by atoms with Gasteiger partial charge in [-0.25, -0.2) is 4.39 Å². The van der Waals surface area contributed by atoms with Crippen LogP contribution in [-0.2, 0) is 0 Å². The zero-order chi connectivity index (χ0) is 13.8. The van der Waals surface area contributed by atoms with Crippen molar-refractivity contribution >= 4 is 0 Å². The molecule has 0 saturated heterocycles. The topological polar surface area (TPSA) is 34.2 Å². The monoisotopic (exact) mass is 260 g/mol. The van der Waals surface area contributed by atoms with Gasteiger partial charge in [0.2, 0.25) is 0 Å². The minimum absolute atomic E-state index is 0.129. The summed E-state index contributed by atoms with van der Waals surface area (Å²) in [7, 11) is 3.48. The molecule has 2 rings (SSSR count). The van der Waals surface area contributed by atoms with Gasteiger partial charge in [0.1, 0.15) is 11.6 Å². The van der Waals surface area contributed by atoms with Crippen LogP contribution in [0.5, 0.6) is 5.75 Å². The Morgan fingerprint density at radius 2 is 2.05 bits per heavy atom. The molecule has 1 aromatic carbocycles. The predicted octanol–water partition coefficient (Wildman–Crippen LogP) is 2.85. The second-order valence-corrected chi connectivity index (χ2v) is 4.37. The first-order valence-electron chi connectivity index (χ1n) is 6.09. The number of hydrogen-bond acceptors (Lipinski definition) is 3. The summed E-state index contributed by atoms with van der Waals surface area (Å²) >= 11 is 0. The van der Waals surface area contributed by atoms with Gasteiger partial charge in [-0.05, 0) is 32.2 Å². The lowest BCUT2D eigenvalue weighted by Crippen LogP contribution is -2.19. The average molecular weight is 260 g/mol. The minimum atomic E-state index is -0.338. The summed E-state index contributed by atoms with van der Waals surface area (Å²) in [6.45, 7) is 2.02. The van der Waals surface area contributed by atoms with Crippen LogP contribution >= 0.6 is 0 Å². The van der Waals surface area contributed by atoms with Gasteiger partial charge in [-0.2, -0.15) is 0 Å². The maximum atomic E-state index is 13.0. The van der Waals surface area contributed by atoms with Crippen LogP contribution < -0.4 is 10.1 Å². The Kier molecular flexibility index (Phi) is 4.12. The van der Waals surface area contributed by atoms with Crippen molar-refractivity contribution in [3.05, 3.63) is 59.2 Å². The summed E-state index contributed by atoms with van der Waals surface area (Å²) in [6, 6.07) is 8.93. The first-order chi connectivity index (χ1) is 9.15. The number of pyridine rings is 1. The number of aryl methyl sites for hydroxylation is 1. The summed E-state index contributed by atoms with van der Waals surface area (Å²) in [5.41, 5.74) is 2.88. The third-order valence-corrected chi connectivity index (χ3v) is 3.03. The van der Waals surface area contributed by atoms with Gasteiger partial charge in [-0.1, -0.05) is 17.7 Å². The summed E-state index contributed by atoms with van der Waals surface area (Å²) in [5.74, 6) is 0.450. The van der Waals surface area contributed by atoms with E-state index in [0.717, 1.165) is 22.6 Å². The lowest BCUT2D eigenvalue weighted by Gasteiger charge is -2.19.